The third kappa shape index (κ3) is 4.23. The number of nitrogen functional groups attached to an aromatic ring is 1. The van der Waals surface area contributed by atoms with Crippen molar-refractivity contribution in [1.29, 1.82) is 5.41 Å². The number of nitrogens with two attached hydrogens (primary N) is 1. The maximum absolute atomic E-state index is 11.3. The van der Waals surface area contributed by atoms with Crippen LogP contribution in [-0.2, 0) is 23.0 Å². The van der Waals surface area contributed by atoms with Gasteiger partial charge in [0.05, 0.1) is 12.8 Å². The molecule has 3 N–H and O–H groups in total. The van der Waals surface area contributed by atoms with Crippen LogP contribution in [0, 0.1) is 5.41 Å². The molecular formula is C21H22N4O2. The summed E-state index contributed by atoms with van der Waals surface area (Å²) in [5.74, 6) is 0.708. The van der Waals surface area contributed by atoms with Gasteiger partial charge in [0, 0.05) is 36.4 Å². The molecule has 0 bridgehead atoms. The van der Waals surface area contributed by atoms with Crippen LogP contribution in [-0.4, -0.2) is 28.5 Å². The minimum Gasteiger partial charge on any atom is -0.469 e. The fraction of sp³-hybridized carbons (Fsp3) is 0.190. The zero-order valence-corrected chi connectivity index (χ0v) is 15.4. The lowest BCUT2D eigenvalue weighted by atomic mass is 10.1. The van der Waals surface area contributed by atoms with E-state index in [1.165, 1.54) is 7.11 Å². The van der Waals surface area contributed by atoms with E-state index in [9.17, 15) is 4.79 Å². The van der Waals surface area contributed by atoms with Crippen molar-refractivity contribution in [2.75, 3.05) is 7.11 Å². The number of rotatable bonds is 6. The Kier molecular flexibility index (Phi) is 5.35. The van der Waals surface area contributed by atoms with Gasteiger partial charge in [0.25, 0.3) is 0 Å². The van der Waals surface area contributed by atoms with Crippen LogP contribution in [0.15, 0.2) is 54.7 Å². The van der Waals surface area contributed by atoms with Gasteiger partial charge >= 0.3 is 5.97 Å². The molecule has 3 aromatic rings. The number of hydrogen-bond acceptors (Lipinski definition) is 4. The topological polar surface area (TPSA) is 94.0 Å². The van der Waals surface area contributed by atoms with E-state index in [2.05, 4.69) is 4.74 Å². The number of imidazole rings is 1. The summed E-state index contributed by atoms with van der Waals surface area (Å²) < 4.78 is 6.66. The van der Waals surface area contributed by atoms with Gasteiger partial charge in [-0.05, 0) is 12.0 Å². The second-order valence-electron chi connectivity index (χ2n) is 6.32. The second-order valence-corrected chi connectivity index (χ2v) is 6.32. The number of aryl methyl sites for hydroxylation is 2. The molecule has 138 valence electrons. The maximum Gasteiger partial charge on any atom is 0.305 e. The fourth-order valence-electron chi connectivity index (χ4n) is 2.86. The molecule has 2 aromatic carbocycles. The van der Waals surface area contributed by atoms with Crippen molar-refractivity contribution >= 4 is 11.8 Å². The van der Waals surface area contributed by atoms with E-state index in [-0.39, 0.29) is 11.8 Å². The average Bonchev–Trinajstić information content (AvgIpc) is 3.08. The molecule has 0 spiro atoms. The molecule has 6 nitrogen and oxygen atoms in total. The number of esters is 1. The van der Waals surface area contributed by atoms with Crippen LogP contribution in [0.1, 0.15) is 17.5 Å². The number of benzene rings is 2. The van der Waals surface area contributed by atoms with Gasteiger partial charge < -0.3 is 15.0 Å². The minimum absolute atomic E-state index is 0.0514. The monoisotopic (exact) mass is 362 g/mol. The van der Waals surface area contributed by atoms with Gasteiger partial charge in [-0.2, -0.15) is 0 Å². The van der Waals surface area contributed by atoms with E-state index in [1.807, 2.05) is 66.3 Å². The number of aromatic nitrogens is 2. The van der Waals surface area contributed by atoms with Crippen molar-refractivity contribution < 1.29 is 9.53 Å². The third-order valence-electron chi connectivity index (χ3n) is 4.43. The number of carbonyl (C=O) groups is 1. The van der Waals surface area contributed by atoms with Crippen molar-refractivity contribution in [3.8, 4) is 22.6 Å². The molecule has 0 unspecified atom stereocenters. The summed E-state index contributed by atoms with van der Waals surface area (Å²) in [6, 6.07) is 15.5. The SMILES string of the molecule is COC(=O)CCc1ccc(-c2nc(-c3ccc(C(=N)N)cc3)cn2C)cc1. The van der Waals surface area contributed by atoms with Gasteiger partial charge in [0.1, 0.15) is 11.7 Å². The van der Waals surface area contributed by atoms with Crippen molar-refractivity contribution in [3.63, 3.8) is 0 Å². The summed E-state index contributed by atoms with van der Waals surface area (Å²) in [6.07, 6.45) is 3.00. The summed E-state index contributed by atoms with van der Waals surface area (Å²) in [5, 5.41) is 7.48. The highest BCUT2D eigenvalue weighted by atomic mass is 16.5. The van der Waals surface area contributed by atoms with Crippen molar-refractivity contribution in [1.82, 2.24) is 9.55 Å². The fourth-order valence-corrected chi connectivity index (χ4v) is 2.86. The highest BCUT2D eigenvalue weighted by Gasteiger charge is 2.10. The first kappa shape index (κ1) is 18.4. The molecule has 0 aliphatic carbocycles. The number of nitrogens with one attached hydrogen (secondary N) is 1. The maximum atomic E-state index is 11.3. The number of ether oxygens (including phenoxy) is 1. The Hall–Kier alpha value is -3.41. The Bertz CT molecular complexity index is 957. The van der Waals surface area contributed by atoms with Gasteiger partial charge in [-0.25, -0.2) is 4.98 Å². The van der Waals surface area contributed by atoms with Crippen LogP contribution in [0.3, 0.4) is 0 Å². The lowest BCUT2D eigenvalue weighted by Crippen LogP contribution is -2.10. The molecule has 0 aliphatic rings. The molecule has 0 radical (unpaired) electrons. The molecular weight excluding hydrogens is 340 g/mol. The number of carbonyl (C=O) groups excluding carboxylic acids is 1. The quantitative estimate of drug-likeness (QED) is 0.400. The number of hydrogen-bond donors (Lipinski definition) is 2. The first-order valence-electron chi connectivity index (χ1n) is 8.62. The van der Waals surface area contributed by atoms with Crippen LogP contribution in [0.2, 0.25) is 0 Å². The predicted octanol–water partition coefficient (Wildman–Crippen LogP) is 3.14. The molecule has 0 saturated heterocycles. The molecule has 0 amide bonds. The Morgan fingerprint density at radius 2 is 1.74 bits per heavy atom. The minimum atomic E-state index is -0.205. The molecule has 0 saturated carbocycles. The molecule has 3 rings (SSSR count). The Labute approximate surface area is 158 Å². The Balaban J connectivity index is 1.79. The van der Waals surface area contributed by atoms with Crippen molar-refractivity contribution in [2.45, 2.75) is 12.8 Å². The second kappa shape index (κ2) is 7.86. The average molecular weight is 362 g/mol. The van der Waals surface area contributed by atoms with Crippen molar-refractivity contribution in [3.05, 3.63) is 65.9 Å². The van der Waals surface area contributed by atoms with Gasteiger partial charge in [-0.1, -0.05) is 48.5 Å². The first-order valence-corrected chi connectivity index (χ1v) is 8.62. The summed E-state index contributed by atoms with van der Waals surface area (Å²) in [5.41, 5.74) is 10.1. The number of methoxy groups -OCH3 is 1. The summed E-state index contributed by atoms with van der Waals surface area (Å²) in [7, 11) is 3.36. The van der Waals surface area contributed by atoms with Gasteiger partial charge in [0.15, 0.2) is 0 Å². The van der Waals surface area contributed by atoms with E-state index >= 15 is 0 Å². The molecule has 1 aromatic heterocycles. The molecule has 0 atom stereocenters. The third-order valence-corrected chi connectivity index (χ3v) is 4.43. The van der Waals surface area contributed by atoms with Crippen LogP contribution in [0.25, 0.3) is 22.6 Å². The van der Waals surface area contributed by atoms with Crippen LogP contribution < -0.4 is 5.73 Å². The van der Waals surface area contributed by atoms with Crippen molar-refractivity contribution in [2.24, 2.45) is 12.8 Å². The zero-order chi connectivity index (χ0) is 19.4. The van der Waals surface area contributed by atoms with E-state index < -0.39 is 0 Å². The van der Waals surface area contributed by atoms with E-state index in [0.717, 1.165) is 28.2 Å². The smallest absolute Gasteiger partial charge is 0.305 e. The predicted molar refractivity (Wildman–Crippen MR) is 105 cm³/mol. The Morgan fingerprint density at radius 1 is 1.11 bits per heavy atom. The van der Waals surface area contributed by atoms with Gasteiger partial charge in [-0.15, -0.1) is 0 Å². The summed E-state index contributed by atoms with van der Waals surface area (Å²) >= 11 is 0. The van der Waals surface area contributed by atoms with Crippen LogP contribution in [0.5, 0.6) is 0 Å². The molecule has 0 aliphatic heterocycles. The van der Waals surface area contributed by atoms with Gasteiger partial charge in [-0.3, -0.25) is 10.2 Å². The zero-order valence-electron chi connectivity index (χ0n) is 15.4. The Morgan fingerprint density at radius 3 is 2.33 bits per heavy atom. The number of amidine groups is 1. The van der Waals surface area contributed by atoms with E-state index in [1.54, 1.807) is 0 Å². The first-order chi connectivity index (χ1) is 13.0. The summed E-state index contributed by atoms with van der Waals surface area (Å²) in [4.78, 5) is 16.0. The van der Waals surface area contributed by atoms with Crippen LogP contribution in [0.4, 0.5) is 0 Å². The van der Waals surface area contributed by atoms with Gasteiger partial charge in [0.2, 0.25) is 0 Å². The lowest BCUT2D eigenvalue weighted by Gasteiger charge is -2.04. The van der Waals surface area contributed by atoms with E-state index in [4.69, 9.17) is 16.1 Å². The highest BCUT2D eigenvalue weighted by molar-refractivity contribution is 5.95. The molecule has 0 fully saturated rings. The van der Waals surface area contributed by atoms with Crippen LogP contribution >= 0.6 is 0 Å². The molecule has 1 heterocycles. The molecule has 6 heteroatoms. The highest BCUT2D eigenvalue weighted by Crippen LogP contribution is 2.25. The van der Waals surface area contributed by atoms with E-state index in [0.29, 0.717) is 18.4 Å². The standard InChI is InChI=1S/C21H22N4O2/c1-25-13-18(15-8-10-16(11-9-15)20(22)23)24-21(25)17-6-3-14(4-7-17)5-12-19(26)27-2/h3-4,6-11,13H,5,12H2,1-2H3,(H3,22,23). The number of nitrogens with zero attached hydrogens (tertiary/aromatic N) is 2. The molecule has 27 heavy (non-hydrogen) atoms. The normalized spacial score (nSPS) is 10.6. The lowest BCUT2D eigenvalue weighted by molar-refractivity contribution is -0.140. The largest absolute Gasteiger partial charge is 0.469 e. The summed E-state index contributed by atoms with van der Waals surface area (Å²) in [6.45, 7) is 0.